The number of aryl methyl sites for hydroxylation is 1. The lowest BCUT2D eigenvalue weighted by Crippen LogP contribution is -2.25. The molecule has 2 rings (SSSR count). The van der Waals surface area contributed by atoms with E-state index in [1.807, 2.05) is 24.1 Å². The first kappa shape index (κ1) is 15.0. The number of nitrogens with two attached hydrogens (primary N) is 1. The molecule has 7 nitrogen and oxygen atoms in total. The van der Waals surface area contributed by atoms with Gasteiger partial charge in [0.05, 0.1) is 0 Å². The molecule has 2 aromatic rings. The molecule has 0 aliphatic heterocycles. The standard InChI is InChI=1S/C14H21N7/c1-4-21(5-2)14-19-12(15)18-13(20-14)17-9-11-6-7-16-8-10(11)3/h6-8H,4-5,9H2,1-3H3,(H3,15,17,18,19,20). The third-order valence-electron chi connectivity index (χ3n) is 3.26. The molecule has 2 heterocycles. The number of nitrogen functional groups attached to an aromatic ring is 1. The van der Waals surface area contributed by atoms with Crippen LogP contribution in [-0.4, -0.2) is 33.0 Å². The van der Waals surface area contributed by atoms with Crippen molar-refractivity contribution >= 4 is 17.8 Å². The van der Waals surface area contributed by atoms with E-state index in [0.717, 1.165) is 24.2 Å². The molecule has 0 fully saturated rings. The highest BCUT2D eigenvalue weighted by Crippen LogP contribution is 2.13. The lowest BCUT2D eigenvalue weighted by molar-refractivity contribution is 0.814. The molecular formula is C14H21N7. The van der Waals surface area contributed by atoms with Crippen molar-refractivity contribution < 1.29 is 0 Å². The normalized spacial score (nSPS) is 10.4. The minimum atomic E-state index is 0.223. The Labute approximate surface area is 124 Å². The molecule has 3 N–H and O–H groups in total. The quantitative estimate of drug-likeness (QED) is 0.833. The van der Waals surface area contributed by atoms with Gasteiger partial charge in [-0.25, -0.2) is 0 Å². The van der Waals surface area contributed by atoms with Gasteiger partial charge in [0, 0.05) is 32.0 Å². The Morgan fingerprint density at radius 1 is 1.19 bits per heavy atom. The maximum absolute atomic E-state index is 5.77. The van der Waals surface area contributed by atoms with E-state index < -0.39 is 0 Å². The van der Waals surface area contributed by atoms with Crippen LogP contribution in [0.5, 0.6) is 0 Å². The Bertz CT molecular complexity index is 596. The van der Waals surface area contributed by atoms with Crippen molar-refractivity contribution in [3.05, 3.63) is 29.6 Å². The first-order valence-corrected chi connectivity index (χ1v) is 7.03. The van der Waals surface area contributed by atoms with Crippen LogP contribution in [0, 0.1) is 6.92 Å². The molecule has 0 spiro atoms. The largest absolute Gasteiger partial charge is 0.368 e. The van der Waals surface area contributed by atoms with Gasteiger partial charge in [0.15, 0.2) is 0 Å². The van der Waals surface area contributed by atoms with E-state index in [4.69, 9.17) is 5.73 Å². The SMILES string of the molecule is CCN(CC)c1nc(N)nc(NCc2ccncc2C)n1. The molecule has 0 saturated heterocycles. The number of nitrogens with zero attached hydrogens (tertiary/aromatic N) is 5. The molecule has 0 atom stereocenters. The Hall–Kier alpha value is -2.44. The summed E-state index contributed by atoms with van der Waals surface area (Å²) in [5.41, 5.74) is 8.03. The van der Waals surface area contributed by atoms with Gasteiger partial charge in [-0.3, -0.25) is 4.98 Å². The molecule has 0 aromatic carbocycles. The summed E-state index contributed by atoms with van der Waals surface area (Å²) in [6.45, 7) is 8.39. The molecule has 21 heavy (non-hydrogen) atoms. The first-order valence-electron chi connectivity index (χ1n) is 7.03. The smallest absolute Gasteiger partial charge is 0.231 e. The maximum Gasteiger partial charge on any atom is 0.231 e. The zero-order chi connectivity index (χ0) is 15.2. The molecule has 2 aromatic heterocycles. The number of hydrogen-bond donors (Lipinski definition) is 2. The third kappa shape index (κ3) is 3.77. The number of anilines is 3. The van der Waals surface area contributed by atoms with Crippen LogP contribution < -0.4 is 16.0 Å². The molecule has 0 bridgehead atoms. The van der Waals surface area contributed by atoms with E-state index in [-0.39, 0.29) is 5.95 Å². The maximum atomic E-state index is 5.77. The first-order chi connectivity index (χ1) is 10.1. The summed E-state index contributed by atoms with van der Waals surface area (Å²) < 4.78 is 0. The number of rotatable bonds is 6. The van der Waals surface area contributed by atoms with Crippen molar-refractivity contribution in [1.29, 1.82) is 0 Å². The van der Waals surface area contributed by atoms with Crippen LogP contribution in [0.4, 0.5) is 17.8 Å². The van der Waals surface area contributed by atoms with Crippen LogP contribution in [0.1, 0.15) is 25.0 Å². The summed E-state index contributed by atoms with van der Waals surface area (Å²) in [6, 6.07) is 1.97. The summed E-state index contributed by atoms with van der Waals surface area (Å²) >= 11 is 0. The molecule has 0 saturated carbocycles. The van der Waals surface area contributed by atoms with Crippen LogP contribution >= 0.6 is 0 Å². The lowest BCUT2D eigenvalue weighted by atomic mass is 10.1. The second-order valence-electron chi connectivity index (χ2n) is 4.65. The van der Waals surface area contributed by atoms with E-state index in [2.05, 4.69) is 39.1 Å². The van der Waals surface area contributed by atoms with Crippen LogP contribution in [0.15, 0.2) is 18.5 Å². The summed E-state index contributed by atoms with van der Waals surface area (Å²) in [7, 11) is 0. The van der Waals surface area contributed by atoms with Gasteiger partial charge in [0.2, 0.25) is 17.8 Å². The van der Waals surface area contributed by atoms with E-state index in [0.29, 0.717) is 18.4 Å². The summed E-state index contributed by atoms with van der Waals surface area (Å²) in [5, 5.41) is 3.19. The highest BCUT2D eigenvalue weighted by Gasteiger charge is 2.09. The van der Waals surface area contributed by atoms with Crippen molar-refractivity contribution in [2.75, 3.05) is 29.0 Å². The summed E-state index contributed by atoms with van der Waals surface area (Å²) in [5.74, 6) is 1.31. The zero-order valence-corrected chi connectivity index (χ0v) is 12.7. The fourth-order valence-corrected chi connectivity index (χ4v) is 1.98. The number of aromatic nitrogens is 4. The fraction of sp³-hybridized carbons (Fsp3) is 0.429. The molecule has 0 amide bonds. The Morgan fingerprint density at radius 2 is 1.95 bits per heavy atom. The van der Waals surface area contributed by atoms with E-state index in [1.165, 1.54) is 0 Å². The van der Waals surface area contributed by atoms with Crippen molar-refractivity contribution in [1.82, 2.24) is 19.9 Å². The van der Waals surface area contributed by atoms with Crippen LogP contribution in [0.2, 0.25) is 0 Å². The topological polar surface area (TPSA) is 92.9 Å². The van der Waals surface area contributed by atoms with Crippen molar-refractivity contribution in [2.45, 2.75) is 27.3 Å². The van der Waals surface area contributed by atoms with E-state index in [9.17, 15) is 0 Å². The van der Waals surface area contributed by atoms with Crippen molar-refractivity contribution in [3.63, 3.8) is 0 Å². The minimum absolute atomic E-state index is 0.223. The van der Waals surface area contributed by atoms with Gasteiger partial charge < -0.3 is 16.0 Å². The Balaban J connectivity index is 2.15. The van der Waals surface area contributed by atoms with Gasteiger partial charge in [0.1, 0.15) is 0 Å². The Morgan fingerprint density at radius 3 is 2.62 bits per heavy atom. The van der Waals surface area contributed by atoms with Gasteiger partial charge in [-0.1, -0.05) is 0 Å². The van der Waals surface area contributed by atoms with Gasteiger partial charge in [-0.05, 0) is 38.0 Å². The molecular weight excluding hydrogens is 266 g/mol. The predicted octanol–water partition coefficient (Wildman–Crippen LogP) is 1.62. The third-order valence-corrected chi connectivity index (χ3v) is 3.26. The number of nitrogens with one attached hydrogen (secondary N) is 1. The molecule has 112 valence electrons. The summed E-state index contributed by atoms with van der Waals surface area (Å²) in [4.78, 5) is 18.8. The zero-order valence-electron chi connectivity index (χ0n) is 12.7. The fourth-order valence-electron chi connectivity index (χ4n) is 1.98. The predicted molar refractivity (Wildman–Crippen MR) is 84.1 cm³/mol. The second kappa shape index (κ2) is 6.83. The van der Waals surface area contributed by atoms with Crippen molar-refractivity contribution in [2.24, 2.45) is 0 Å². The molecule has 0 aliphatic rings. The average molecular weight is 287 g/mol. The van der Waals surface area contributed by atoms with Crippen molar-refractivity contribution in [3.8, 4) is 0 Å². The Kier molecular flexibility index (Phi) is 4.86. The van der Waals surface area contributed by atoms with E-state index >= 15 is 0 Å². The highest BCUT2D eigenvalue weighted by molar-refractivity contribution is 5.42. The van der Waals surface area contributed by atoms with Crippen LogP contribution in [0.3, 0.4) is 0 Å². The van der Waals surface area contributed by atoms with E-state index in [1.54, 1.807) is 6.20 Å². The average Bonchev–Trinajstić information content (AvgIpc) is 2.47. The molecule has 7 heteroatoms. The molecule has 0 aliphatic carbocycles. The highest BCUT2D eigenvalue weighted by atomic mass is 15.3. The second-order valence-corrected chi connectivity index (χ2v) is 4.65. The number of pyridine rings is 1. The lowest BCUT2D eigenvalue weighted by Gasteiger charge is -2.19. The molecule has 0 radical (unpaired) electrons. The van der Waals surface area contributed by atoms with Crippen LogP contribution in [0.25, 0.3) is 0 Å². The van der Waals surface area contributed by atoms with Gasteiger partial charge >= 0.3 is 0 Å². The van der Waals surface area contributed by atoms with Gasteiger partial charge in [0.25, 0.3) is 0 Å². The number of hydrogen-bond acceptors (Lipinski definition) is 7. The molecule has 0 unspecified atom stereocenters. The monoisotopic (exact) mass is 287 g/mol. The summed E-state index contributed by atoms with van der Waals surface area (Å²) in [6.07, 6.45) is 3.60. The van der Waals surface area contributed by atoms with Crippen LogP contribution in [-0.2, 0) is 6.54 Å². The minimum Gasteiger partial charge on any atom is -0.368 e. The van der Waals surface area contributed by atoms with Gasteiger partial charge in [-0.2, -0.15) is 15.0 Å². The van der Waals surface area contributed by atoms with Gasteiger partial charge in [-0.15, -0.1) is 0 Å².